The molecule has 0 N–H and O–H groups in total. The van der Waals surface area contributed by atoms with Crippen LogP contribution in [0.3, 0.4) is 0 Å². The SMILES string of the molecule is COCCN1CCN(C(=O)c2ccnnc2)Cc2cccnc21. The minimum atomic E-state index is -0.0386. The number of carbonyl (C=O) groups excluding carboxylic acids is 1. The fourth-order valence-corrected chi connectivity index (χ4v) is 2.66. The third-order valence-corrected chi connectivity index (χ3v) is 3.85. The fraction of sp³-hybridized carbons (Fsp3) is 0.375. The van der Waals surface area contributed by atoms with Crippen LogP contribution in [0.25, 0.3) is 0 Å². The molecule has 2 aromatic rings. The second kappa shape index (κ2) is 7.15. The molecule has 0 saturated carbocycles. The Balaban J connectivity index is 1.84. The Hall–Kier alpha value is -2.54. The maximum absolute atomic E-state index is 12.7. The first-order chi connectivity index (χ1) is 11.3. The molecule has 0 unspecified atom stereocenters. The molecule has 0 spiro atoms. The molecule has 0 aliphatic carbocycles. The van der Waals surface area contributed by atoms with Crippen molar-refractivity contribution >= 4 is 11.7 Å². The Morgan fingerprint density at radius 3 is 2.96 bits per heavy atom. The standard InChI is InChI=1S/C16H19N5O2/c1-23-10-9-20-7-8-21(12-14-3-2-5-17-15(14)20)16(22)13-4-6-18-19-11-13/h2-6,11H,7-10,12H2,1H3. The van der Waals surface area contributed by atoms with Crippen LogP contribution in [-0.2, 0) is 11.3 Å². The van der Waals surface area contributed by atoms with Gasteiger partial charge in [0.15, 0.2) is 0 Å². The third-order valence-electron chi connectivity index (χ3n) is 3.85. The van der Waals surface area contributed by atoms with Gasteiger partial charge in [-0.25, -0.2) is 4.98 Å². The highest BCUT2D eigenvalue weighted by Crippen LogP contribution is 2.23. The van der Waals surface area contributed by atoms with E-state index >= 15 is 0 Å². The van der Waals surface area contributed by atoms with Crippen LogP contribution in [0.4, 0.5) is 5.82 Å². The molecule has 2 aromatic heterocycles. The Labute approximate surface area is 134 Å². The van der Waals surface area contributed by atoms with Crippen molar-refractivity contribution in [2.45, 2.75) is 6.54 Å². The Kier molecular flexibility index (Phi) is 4.77. The lowest BCUT2D eigenvalue weighted by Crippen LogP contribution is -2.36. The second-order valence-electron chi connectivity index (χ2n) is 5.32. The van der Waals surface area contributed by atoms with E-state index in [0.717, 1.165) is 24.5 Å². The van der Waals surface area contributed by atoms with Gasteiger partial charge in [-0.2, -0.15) is 10.2 Å². The number of rotatable bonds is 4. The molecule has 0 bridgehead atoms. The summed E-state index contributed by atoms with van der Waals surface area (Å²) in [4.78, 5) is 21.2. The number of nitrogens with zero attached hydrogens (tertiary/aromatic N) is 5. The third kappa shape index (κ3) is 3.45. The van der Waals surface area contributed by atoms with E-state index in [1.54, 1.807) is 19.4 Å². The van der Waals surface area contributed by atoms with Crippen molar-refractivity contribution in [3.05, 3.63) is 47.9 Å². The summed E-state index contributed by atoms with van der Waals surface area (Å²) in [5.41, 5.74) is 1.59. The van der Waals surface area contributed by atoms with Crippen molar-refractivity contribution < 1.29 is 9.53 Å². The molecule has 1 aliphatic rings. The van der Waals surface area contributed by atoms with Crippen molar-refractivity contribution in [1.29, 1.82) is 0 Å². The molecular formula is C16H19N5O2. The van der Waals surface area contributed by atoms with Crippen molar-refractivity contribution in [2.75, 3.05) is 38.3 Å². The predicted octanol–water partition coefficient (Wildman–Crippen LogP) is 0.980. The molecule has 0 saturated heterocycles. The van der Waals surface area contributed by atoms with Gasteiger partial charge in [-0.3, -0.25) is 4.79 Å². The number of methoxy groups -OCH3 is 1. The van der Waals surface area contributed by atoms with Crippen LogP contribution in [-0.4, -0.2) is 59.3 Å². The second-order valence-corrected chi connectivity index (χ2v) is 5.32. The van der Waals surface area contributed by atoms with E-state index in [1.165, 1.54) is 12.4 Å². The van der Waals surface area contributed by atoms with E-state index in [2.05, 4.69) is 20.1 Å². The van der Waals surface area contributed by atoms with Gasteiger partial charge >= 0.3 is 0 Å². The fourth-order valence-electron chi connectivity index (χ4n) is 2.66. The summed E-state index contributed by atoms with van der Waals surface area (Å²) >= 11 is 0. The first-order valence-electron chi connectivity index (χ1n) is 7.53. The van der Waals surface area contributed by atoms with E-state index < -0.39 is 0 Å². The zero-order valence-corrected chi connectivity index (χ0v) is 13.1. The molecule has 7 nitrogen and oxygen atoms in total. The number of fused-ring (bicyclic) bond motifs is 1. The maximum Gasteiger partial charge on any atom is 0.255 e. The predicted molar refractivity (Wildman–Crippen MR) is 85.1 cm³/mol. The van der Waals surface area contributed by atoms with Crippen LogP contribution in [0.1, 0.15) is 15.9 Å². The quantitative estimate of drug-likeness (QED) is 0.838. The smallest absolute Gasteiger partial charge is 0.255 e. The molecule has 3 rings (SSSR count). The van der Waals surface area contributed by atoms with Gasteiger partial charge in [0.2, 0.25) is 0 Å². The molecule has 1 aliphatic heterocycles. The van der Waals surface area contributed by atoms with Gasteiger partial charge in [-0.15, -0.1) is 0 Å². The molecule has 0 fully saturated rings. The van der Waals surface area contributed by atoms with E-state index in [4.69, 9.17) is 4.74 Å². The molecule has 23 heavy (non-hydrogen) atoms. The van der Waals surface area contributed by atoms with Crippen LogP contribution >= 0.6 is 0 Å². The van der Waals surface area contributed by atoms with Crippen molar-refractivity contribution in [3.63, 3.8) is 0 Å². The number of carbonyl (C=O) groups is 1. The molecule has 120 valence electrons. The zero-order valence-electron chi connectivity index (χ0n) is 13.1. The largest absolute Gasteiger partial charge is 0.383 e. The summed E-state index contributed by atoms with van der Waals surface area (Å²) in [6.07, 6.45) is 4.81. The summed E-state index contributed by atoms with van der Waals surface area (Å²) in [5.74, 6) is 0.885. The number of hydrogen-bond acceptors (Lipinski definition) is 6. The Bertz CT molecular complexity index is 665. The van der Waals surface area contributed by atoms with Gasteiger partial charge < -0.3 is 14.5 Å². The molecular weight excluding hydrogens is 294 g/mol. The number of ether oxygens (including phenoxy) is 1. The number of anilines is 1. The van der Waals surface area contributed by atoms with Gasteiger partial charge in [0.05, 0.1) is 24.6 Å². The van der Waals surface area contributed by atoms with E-state index in [0.29, 0.717) is 25.3 Å². The summed E-state index contributed by atoms with van der Waals surface area (Å²) in [6, 6.07) is 5.60. The maximum atomic E-state index is 12.7. The minimum absolute atomic E-state index is 0.0386. The van der Waals surface area contributed by atoms with Crippen molar-refractivity contribution in [3.8, 4) is 0 Å². The van der Waals surface area contributed by atoms with Gasteiger partial charge in [-0.1, -0.05) is 6.07 Å². The lowest BCUT2D eigenvalue weighted by Gasteiger charge is -2.23. The van der Waals surface area contributed by atoms with Crippen LogP contribution in [0.15, 0.2) is 36.8 Å². The summed E-state index contributed by atoms with van der Waals surface area (Å²) < 4.78 is 5.18. The van der Waals surface area contributed by atoms with Crippen LogP contribution in [0, 0.1) is 0 Å². The first kappa shape index (κ1) is 15.4. The van der Waals surface area contributed by atoms with E-state index in [9.17, 15) is 4.79 Å². The van der Waals surface area contributed by atoms with Gasteiger partial charge in [-0.05, 0) is 12.1 Å². The van der Waals surface area contributed by atoms with Gasteiger partial charge in [0, 0.05) is 45.0 Å². The van der Waals surface area contributed by atoms with Gasteiger partial charge in [0.25, 0.3) is 5.91 Å². The molecule has 0 atom stereocenters. The average Bonchev–Trinajstić information content (AvgIpc) is 2.79. The highest BCUT2D eigenvalue weighted by Gasteiger charge is 2.24. The molecule has 0 aromatic carbocycles. The van der Waals surface area contributed by atoms with E-state index in [-0.39, 0.29) is 5.91 Å². The van der Waals surface area contributed by atoms with Crippen molar-refractivity contribution in [1.82, 2.24) is 20.1 Å². The summed E-state index contributed by atoms with van der Waals surface area (Å²) in [6.45, 7) is 3.25. The first-order valence-corrected chi connectivity index (χ1v) is 7.53. The van der Waals surface area contributed by atoms with Crippen LogP contribution in [0.2, 0.25) is 0 Å². The van der Waals surface area contributed by atoms with Crippen LogP contribution in [0.5, 0.6) is 0 Å². The summed E-state index contributed by atoms with van der Waals surface area (Å²) in [7, 11) is 1.68. The average molecular weight is 313 g/mol. The highest BCUT2D eigenvalue weighted by atomic mass is 16.5. The number of pyridine rings is 1. The zero-order chi connectivity index (χ0) is 16.1. The molecule has 3 heterocycles. The molecule has 7 heteroatoms. The number of aromatic nitrogens is 3. The summed E-state index contributed by atoms with van der Waals surface area (Å²) in [5, 5.41) is 7.51. The minimum Gasteiger partial charge on any atom is -0.383 e. The lowest BCUT2D eigenvalue weighted by atomic mass is 10.2. The number of hydrogen-bond donors (Lipinski definition) is 0. The molecule has 0 radical (unpaired) electrons. The normalized spacial score (nSPS) is 14.3. The van der Waals surface area contributed by atoms with Gasteiger partial charge in [0.1, 0.15) is 5.82 Å². The Morgan fingerprint density at radius 1 is 1.26 bits per heavy atom. The lowest BCUT2D eigenvalue weighted by molar-refractivity contribution is 0.0750. The monoisotopic (exact) mass is 313 g/mol. The Morgan fingerprint density at radius 2 is 2.17 bits per heavy atom. The molecule has 1 amide bonds. The van der Waals surface area contributed by atoms with E-state index in [1.807, 2.05) is 17.0 Å². The number of amides is 1. The van der Waals surface area contributed by atoms with Crippen molar-refractivity contribution in [2.24, 2.45) is 0 Å². The van der Waals surface area contributed by atoms with Crippen LogP contribution < -0.4 is 4.90 Å². The highest BCUT2D eigenvalue weighted by molar-refractivity contribution is 5.94. The topological polar surface area (TPSA) is 71.5 Å².